The molecule has 0 spiro atoms. The van der Waals surface area contributed by atoms with E-state index < -0.39 is 10.0 Å². The summed E-state index contributed by atoms with van der Waals surface area (Å²) in [4.78, 5) is 4.01. The van der Waals surface area contributed by atoms with Gasteiger partial charge in [-0.2, -0.15) is 0 Å². The number of nitrogens with zero attached hydrogens (tertiary/aromatic N) is 1. The molecule has 0 amide bonds. The van der Waals surface area contributed by atoms with Gasteiger partial charge < -0.3 is 5.11 Å². The van der Waals surface area contributed by atoms with Crippen molar-refractivity contribution in [1.82, 2.24) is 4.98 Å². The molecule has 0 aliphatic carbocycles. The normalized spacial score (nSPS) is 11.3. The molecule has 2 aromatic rings. The minimum atomic E-state index is -3.78. The number of anilines is 1. The Morgan fingerprint density at radius 2 is 1.95 bits per heavy atom. The van der Waals surface area contributed by atoms with Crippen LogP contribution in [0.3, 0.4) is 0 Å². The number of halogens is 2. The van der Waals surface area contributed by atoms with Crippen LogP contribution in [0.25, 0.3) is 0 Å². The van der Waals surface area contributed by atoms with Crippen LogP contribution in [0.1, 0.15) is 5.56 Å². The average molecular weight is 422 g/mol. The third kappa shape index (κ3) is 3.57. The van der Waals surface area contributed by atoms with Gasteiger partial charge in [0.05, 0.1) is 6.61 Å². The molecule has 0 fully saturated rings. The largest absolute Gasteiger partial charge is 0.392 e. The number of aliphatic hydroxyl groups excluding tert-OH is 1. The fourth-order valence-electron chi connectivity index (χ4n) is 1.48. The Labute approximate surface area is 133 Å². The molecule has 20 heavy (non-hydrogen) atoms. The molecular formula is C12H10Br2N2O3S. The second-order valence-corrected chi connectivity index (χ2v) is 7.31. The lowest BCUT2D eigenvalue weighted by Crippen LogP contribution is -2.14. The lowest BCUT2D eigenvalue weighted by Gasteiger charge is -2.10. The molecule has 0 saturated carbocycles. The van der Waals surface area contributed by atoms with Crippen LogP contribution in [0.4, 0.5) is 5.82 Å². The first-order chi connectivity index (χ1) is 9.42. The van der Waals surface area contributed by atoms with Gasteiger partial charge in [-0.3, -0.25) is 4.72 Å². The van der Waals surface area contributed by atoms with E-state index in [0.717, 1.165) is 4.47 Å². The van der Waals surface area contributed by atoms with Crippen molar-refractivity contribution >= 4 is 47.7 Å². The zero-order chi connectivity index (χ0) is 14.8. The summed E-state index contributed by atoms with van der Waals surface area (Å²) in [6.45, 7) is -0.230. The van der Waals surface area contributed by atoms with Crippen LogP contribution < -0.4 is 4.72 Å². The number of pyridine rings is 1. The third-order valence-electron chi connectivity index (χ3n) is 2.43. The highest BCUT2D eigenvalue weighted by atomic mass is 79.9. The maximum Gasteiger partial charge on any atom is 0.264 e. The van der Waals surface area contributed by atoms with E-state index in [1.54, 1.807) is 24.3 Å². The summed E-state index contributed by atoms with van der Waals surface area (Å²) >= 11 is 6.42. The van der Waals surface area contributed by atoms with Gasteiger partial charge in [0, 0.05) is 15.1 Å². The first kappa shape index (κ1) is 15.4. The Hall–Kier alpha value is -0.960. The van der Waals surface area contributed by atoms with Crippen molar-refractivity contribution in [3.63, 3.8) is 0 Å². The van der Waals surface area contributed by atoms with Gasteiger partial charge >= 0.3 is 0 Å². The molecule has 0 aliphatic rings. The van der Waals surface area contributed by atoms with Crippen LogP contribution in [-0.4, -0.2) is 18.5 Å². The van der Waals surface area contributed by atoms with Crippen molar-refractivity contribution in [2.75, 3.05) is 4.72 Å². The Kier molecular flexibility index (Phi) is 4.79. The predicted octanol–water partition coefficient (Wildman–Crippen LogP) is 2.90. The van der Waals surface area contributed by atoms with Gasteiger partial charge in [-0.1, -0.05) is 6.07 Å². The van der Waals surface area contributed by atoms with E-state index in [9.17, 15) is 8.42 Å². The van der Waals surface area contributed by atoms with E-state index in [1.807, 2.05) is 0 Å². The van der Waals surface area contributed by atoms with Gasteiger partial charge in [-0.05, 0) is 61.7 Å². The number of rotatable bonds is 4. The topological polar surface area (TPSA) is 79.3 Å². The molecule has 1 heterocycles. The lowest BCUT2D eigenvalue weighted by molar-refractivity contribution is 0.281. The molecule has 8 heteroatoms. The second kappa shape index (κ2) is 6.21. The van der Waals surface area contributed by atoms with Crippen LogP contribution in [0.2, 0.25) is 0 Å². The second-order valence-electron chi connectivity index (χ2n) is 3.89. The van der Waals surface area contributed by atoms with E-state index in [1.165, 1.54) is 12.3 Å². The van der Waals surface area contributed by atoms with Crippen LogP contribution >= 0.6 is 31.9 Å². The number of aromatic nitrogens is 1. The van der Waals surface area contributed by atoms with Crippen molar-refractivity contribution in [3.05, 3.63) is 51.0 Å². The highest BCUT2D eigenvalue weighted by molar-refractivity contribution is 9.10. The predicted molar refractivity (Wildman–Crippen MR) is 82.8 cm³/mol. The first-order valence-electron chi connectivity index (χ1n) is 5.46. The summed E-state index contributed by atoms with van der Waals surface area (Å²) in [5.41, 5.74) is 0.511. The maximum atomic E-state index is 12.3. The SMILES string of the molecule is O=S(=O)(Nc1ccc(Br)cn1)c1cc(CO)ccc1Br. The molecule has 1 aromatic heterocycles. The summed E-state index contributed by atoms with van der Waals surface area (Å²) < 4.78 is 28.2. The molecule has 0 radical (unpaired) electrons. The standard InChI is InChI=1S/C12H10Br2N2O3S/c13-9-2-4-12(15-6-9)16-20(18,19)11-5-8(7-17)1-3-10(11)14/h1-6,17H,7H2,(H,15,16). The van der Waals surface area contributed by atoms with Gasteiger partial charge in [0.1, 0.15) is 10.7 Å². The smallest absolute Gasteiger partial charge is 0.264 e. The molecule has 0 aliphatic heterocycles. The molecule has 2 rings (SSSR count). The highest BCUT2D eigenvalue weighted by Gasteiger charge is 2.18. The molecule has 0 bridgehead atoms. The van der Waals surface area contributed by atoms with E-state index >= 15 is 0 Å². The van der Waals surface area contributed by atoms with Crippen molar-refractivity contribution in [2.24, 2.45) is 0 Å². The fraction of sp³-hybridized carbons (Fsp3) is 0.0833. The van der Waals surface area contributed by atoms with Crippen molar-refractivity contribution in [1.29, 1.82) is 0 Å². The number of benzene rings is 1. The van der Waals surface area contributed by atoms with Gasteiger partial charge in [0.25, 0.3) is 10.0 Å². The average Bonchev–Trinajstić information content (AvgIpc) is 2.41. The molecule has 1 aromatic carbocycles. The lowest BCUT2D eigenvalue weighted by atomic mass is 10.2. The fourth-order valence-corrected chi connectivity index (χ4v) is 3.74. The monoisotopic (exact) mass is 420 g/mol. The summed E-state index contributed by atoms with van der Waals surface area (Å²) in [6.07, 6.45) is 1.50. The first-order valence-corrected chi connectivity index (χ1v) is 8.53. The number of nitrogens with one attached hydrogen (secondary N) is 1. The minimum Gasteiger partial charge on any atom is -0.392 e. The van der Waals surface area contributed by atoms with Gasteiger partial charge in [-0.25, -0.2) is 13.4 Å². The van der Waals surface area contributed by atoms with E-state index in [-0.39, 0.29) is 17.3 Å². The van der Waals surface area contributed by atoms with Crippen LogP contribution in [0.5, 0.6) is 0 Å². The van der Waals surface area contributed by atoms with Crippen molar-refractivity contribution in [2.45, 2.75) is 11.5 Å². The van der Waals surface area contributed by atoms with Gasteiger partial charge in [-0.15, -0.1) is 0 Å². The van der Waals surface area contributed by atoms with E-state index in [0.29, 0.717) is 10.0 Å². The van der Waals surface area contributed by atoms with Gasteiger partial charge in [0.15, 0.2) is 0 Å². The summed E-state index contributed by atoms with van der Waals surface area (Å²) in [7, 11) is -3.78. The Morgan fingerprint density at radius 3 is 2.55 bits per heavy atom. The van der Waals surface area contributed by atoms with Gasteiger partial charge in [0.2, 0.25) is 0 Å². The van der Waals surface area contributed by atoms with E-state index in [4.69, 9.17) is 5.11 Å². The van der Waals surface area contributed by atoms with Crippen LogP contribution in [0, 0.1) is 0 Å². The summed E-state index contributed by atoms with van der Waals surface area (Å²) in [6, 6.07) is 7.86. The third-order valence-corrected chi connectivity index (χ3v) is 5.25. The zero-order valence-corrected chi connectivity index (χ0v) is 14.0. The molecule has 106 valence electrons. The molecule has 0 atom stereocenters. The number of hydrogen-bond donors (Lipinski definition) is 2. The molecular weight excluding hydrogens is 412 g/mol. The zero-order valence-electron chi connectivity index (χ0n) is 10.0. The van der Waals surface area contributed by atoms with Crippen molar-refractivity contribution in [3.8, 4) is 0 Å². The molecule has 5 nitrogen and oxygen atoms in total. The van der Waals surface area contributed by atoms with Crippen molar-refractivity contribution < 1.29 is 13.5 Å². The summed E-state index contributed by atoms with van der Waals surface area (Å²) in [5, 5.41) is 9.09. The maximum absolute atomic E-state index is 12.3. The van der Waals surface area contributed by atoms with E-state index in [2.05, 4.69) is 41.6 Å². The number of aliphatic hydroxyl groups is 1. The quantitative estimate of drug-likeness (QED) is 0.795. The summed E-state index contributed by atoms with van der Waals surface area (Å²) in [5.74, 6) is 0.217. The highest BCUT2D eigenvalue weighted by Crippen LogP contribution is 2.25. The molecule has 0 saturated heterocycles. The molecule has 2 N–H and O–H groups in total. The Morgan fingerprint density at radius 1 is 1.20 bits per heavy atom. The number of sulfonamides is 1. The minimum absolute atomic E-state index is 0.0498. The number of hydrogen-bond acceptors (Lipinski definition) is 4. The van der Waals surface area contributed by atoms with Crippen LogP contribution in [0.15, 0.2) is 50.4 Å². The molecule has 0 unspecified atom stereocenters. The van der Waals surface area contributed by atoms with Crippen LogP contribution in [-0.2, 0) is 16.6 Å². The Bertz CT molecular complexity index is 718. The Balaban J connectivity index is 2.37.